The van der Waals surface area contributed by atoms with Crippen molar-refractivity contribution in [1.29, 1.82) is 0 Å². The maximum atomic E-state index is 12.6. The van der Waals surface area contributed by atoms with Gasteiger partial charge in [0.05, 0.1) is 5.69 Å². The van der Waals surface area contributed by atoms with E-state index in [9.17, 15) is 21.6 Å². The predicted molar refractivity (Wildman–Crippen MR) is 113 cm³/mol. The molecule has 0 saturated carbocycles. The first kappa shape index (κ1) is 22.8. The van der Waals surface area contributed by atoms with Crippen LogP contribution in [0.25, 0.3) is 11.3 Å². The first-order valence-electron chi connectivity index (χ1n) is 9.58. The highest BCUT2D eigenvalue weighted by molar-refractivity contribution is 7.88. The number of aromatic nitrogens is 1. The van der Waals surface area contributed by atoms with Crippen LogP contribution in [-0.2, 0) is 15.5 Å². The Kier molecular flexibility index (Phi) is 6.14. The molecule has 0 bridgehead atoms. The van der Waals surface area contributed by atoms with E-state index in [1.807, 2.05) is 63.2 Å². The first-order valence-corrected chi connectivity index (χ1v) is 11.0. The zero-order chi connectivity index (χ0) is 22.9. The summed E-state index contributed by atoms with van der Waals surface area (Å²) >= 11 is 0. The molecule has 2 aromatic carbocycles. The number of pyridine rings is 1. The van der Waals surface area contributed by atoms with Gasteiger partial charge in [-0.05, 0) is 41.3 Å². The summed E-state index contributed by atoms with van der Waals surface area (Å²) in [7, 11) is -5.70. The Bertz CT molecular complexity index is 1130. The summed E-state index contributed by atoms with van der Waals surface area (Å²) in [5.74, 6) is -0.253. The van der Waals surface area contributed by atoms with Gasteiger partial charge in [-0.25, -0.2) is 0 Å². The van der Waals surface area contributed by atoms with E-state index in [2.05, 4.69) is 9.17 Å². The third kappa shape index (κ3) is 4.58. The lowest BCUT2D eigenvalue weighted by Gasteiger charge is -2.35. The van der Waals surface area contributed by atoms with Crippen molar-refractivity contribution < 1.29 is 25.8 Å². The lowest BCUT2D eigenvalue weighted by molar-refractivity contribution is -0.0500. The molecule has 0 N–H and O–H groups in total. The van der Waals surface area contributed by atoms with E-state index in [1.54, 1.807) is 18.3 Å². The Morgan fingerprint density at radius 3 is 1.87 bits per heavy atom. The lowest BCUT2D eigenvalue weighted by atomic mass is 9.68. The fourth-order valence-corrected chi connectivity index (χ4v) is 3.84. The Labute approximate surface area is 179 Å². The van der Waals surface area contributed by atoms with Crippen molar-refractivity contribution in [2.75, 3.05) is 0 Å². The molecule has 1 atom stereocenters. The van der Waals surface area contributed by atoms with Gasteiger partial charge in [0.15, 0.2) is 0 Å². The van der Waals surface area contributed by atoms with E-state index in [1.165, 1.54) is 12.1 Å². The molecule has 3 aromatic rings. The molecule has 0 saturated heterocycles. The molecule has 0 fully saturated rings. The van der Waals surface area contributed by atoms with Gasteiger partial charge in [-0.2, -0.15) is 21.6 Å². The molecule has 0 spiro atoms. The second kappa shape index (κ2) is 8.34. The Balaban J connectivity index is 1.92. The van der Waals surface area contributed by atoms with E-state index < -0.39 is 26.8 Å². The number of nitrogens with zero attached hydrogens (tertiary/aromatic N) is 1. The Hall–Kier alpha value is -2.87. The maximum Gasteiger partial charge on any atom is 0.534 e. The summed E-state index contributed by atoms with van der Waals surface area (Å²) in [6, 6.07) is 19.3. The number of halogens is 3. The molecule has 0 aliphatic carbocycles. The van der Waals surface area contributed by atoms with Crippen molar-refractivity contribution in [2.45, 2.75) is 31.7 Å². The summed E-state index contributed by atoms with van der Waals surface area (Å²) in [6.45, 7) is 6.13. The largest absolute Gasteiger partial charge is 0.534 e. The number of rotatable bonds is 6. The van der Waals surface area contributed by atoms with Gasteiger partial charge in [-0.1, -0.05) is 63.2 Å². The average molecular weight is 449 g/mol. The fraction of sp³-hybridized carbons (Fsp3) is 0.261. The van der Waals surface area contributed by atoms with Crippen molar-refractivity contribution >= 4 is 10.1 Å². The van der Waals surface area contributed by atoms with Crippen LogP contribution in [0.2, 0.25) is 0 Å². The van der Waals surface area contributed by atoms with E-state index >= 15 is 0 Å². The van der Waals surface area contributed by atoms with Crippen LogP contribution in [0.4, 0.5) is 13.2 Å². The average Bonchev–Trinajstić information content (AvgIpc) is 2.73. The topological polar surface area (TPSA) is 56.3 Å². The minimum absolute atomic E-state index is 0.138. The maximum absolute atomic E-state index is 12.6. The van der Waals surface area contributed by atoms with Gasteiger partial charge in [0.2, 0.25) is 0 Å². The van der Waals surface area contributed by atoms with Gasteiger partial charge < -0.3 is 4.18 Å². The summed E-state index contributed by atoms with van der Waals surface area (Å²) in [4.78, 5) is 4.35. The van der Waals surface area contributed by atoms with Gasteiger partial charge in [0.1, 0.15) is 5.75 Å². The third-order valence-corrected chi connectivity index (χ3v) is 6.52. The molecule has 1 aromatic heterocycles. The van der Waals surface area contributed by atoms with Gasteiger partial charge in [-0.15, -0.1) is 0 Å². The molecule has 0 aliphatic heterocycles. The van der Waals surface area contributed by atoms with Gasteiger partial charge >= 0.3 is 15.6 Å². The molecule has 164 valence electrons. The molecule has 3 rings (SSSR count). The summed E-state index contributed by atoms with van der Waals surface area (Å²) in [5, 5.41) is 0. The smallest absolute Gasteiger partial charge is 0.376 e. The van der Waals surface area contributed by atoms with Crippen molar-refractivity contribution in [1.82, 2.24) is 4.98 Å². The van der Waals surface area contributed by atoms with Crippen molar-refractivity contribution in [3.63, 3.8) is 0 Å². The van der Waals surface area contributed by atoms with E-state index in [4.69, 9.17) is 0 Å². The minimum atomic E-state index is -5.70. The quantitative estimate of drug-likeness (QED) is 0.345. The summed E-state index contributed by atoms with van der Waals surface area (Å²) < 4.78 is 64.3. The molecule has 31 heavy (non-hydrogen) atoms. The van der Waals surface area contributed by atoms with Crippen LogP contribution in [0.5, 0.6) is 5.75 Å². The zero-order valence-electron chi connectivity index (χ0n) is 17.2. The molecule has 0 aliphatic rings. The highest BCUT2D eigenvalue weighted by atomic mass is 32.2. The molecule has 1 heterocycles. The van der Waals surface area contributed by atoms with Gasteiger partial charge in [-0.3, -0.25) is 4.98 Å². The molecular weight excluding hydrogens is 427 g/mol. The lowest BCUT2D eigenvalue weighted by Crippen LogP contribution is -2.30. The monoisotopic (exact) mass is 449 g/mol. The van der Waals surface area contributed by atoms with Crippen LogP contribution in [0.3, 0.4) is 0 Å². The van der Waals surface area contributed by atoms with Crippen LogP contribution in [0.1, 0.15) is 31.9 Å². The number of hydrogen-bond donors (Lipinski definition) is 0. The van der Waals surface area contributed by atoms with Crippen LogP contribution in [0.15, 0.2) is 72.9 Å². The Morgan fingerprint density at radius 1 is 0.871 bits per heavy atom. The van der Waals surface area contributed by atoms with E-state index in [0.29, 0.717) is 0 Å². The third-order valence-electron chi connectivity index (χ3n) is 5.54. The number of alkyl halides is 3. The highest BCUT2D eigenvalue weighted by Crippen LogP contribution is 2.40. The number of hydrogen-bond acceptors (Lipinski definition) is 4. The fourth-order valence-electron chi connectivity index (χ4n) is 3.38. The standard InChI is InChI=1S/C23H22F3NO3S/c1-16(2)22(3,18-9-7-17(8-10-18)21-6-4-5-15-27-21)19-11-13-20(14-12-19)30-31(28,29)23(24,25)26/h4-16H,1-3H3. The molecule has 1 unspecified atom stereocenters. The summed E-state index contributed by atoms with van der Waals surface area (Å²) in [6.07, 6.45) is 1.73. The van der Waals surface area contributed by atoms with Crippen LogP contribution >= 0.6 is 0 Å². The first-order chi connectivity index (χ1) is 14.4. The minimum Gasteiger partial charge on any atom is -0.376 e. The van der Waals surface area contributed by atoms with Gasteiger partial charge in [0.25, 0.3) is 0 Å². The van der Waals surface area contributed by atoms with Crippen molar-refractivity contribution in [3.05, 3.63) is 84.1 Å². The van der Waals surface area contributed by atoms with Crippen molar-refractivity contribution in [3.8, 4) is 17.0 Å². The van der Waals surface area contributed by atoms with Gasteiger partial charge in [0, 0.05) is 17.2 Å². The van der Waals surface area contributed by atoms with Crippen molar-refractivity contribution in [2.24, 2.45) is 5.92 Å². The summed E-state index contributed by atoms with van der Waals surface area (Å²) in [5.41, 5.74) is -2.29. The SMILES string of the molecule is CC(C)C(C)(c1ccc(OS(=O)(=O)C(F)(F)F)cc1)c1ccc(-c2ccccn2)cc1. The molecule has 0 amide bonds. The van der Waals surface area contributed by atoms with Crippen LogP contribution in [0, 0.1) is 5.92 Å². The Morgan fingerprint density at radius 2 is 1.42 bits per heavy atom. The predicted octanol–water partition coefficient (Wildman–Crippen LogP) is 5.94. The highest BCUT2D eigenvalue weighted by Gasteiger charge is 2.48. The molecule has 0 radical (unpaired) electrons. The van der Waals surface area contributed by atoms with E-state index in [0.717, 1.165) is 22.4 Å². The second-order valence-electron chi connectivity index (χ2n) is 7.66. The molecule has 4 nitrogen and oxygen atoms in total. The zero-order valence-corrected chi connectivity index (χ0v) is 18.0. The van der Waals surface area contributed by atoms with Crippen LogP contribution < -0.4 is 4.18 Å². The number of benzene rings is 2. The second-order valence-corrected chi connectivity index (χ2v) is 9.19. The molecular formula is C23H22F3NO3S. The normalized spacial score (nSPS) is 14.3. The van der Waals surface area contributed by atoms with Crippen LogP contribution in [-0.4, -0.2) is 18.9 Å². The molecule has 8 heteroatoms. The van der Waals surface area contributed by atoms with E-state index in [-0.39, 0.29) is 5.92 Å².